The lowest BCUT2D eigenvalue weighted by molar-refractivity contribution is 0.386. The number of ether oxygens (including phenoxy) is 1. The fourth-order valence-corrected chi connectivity index (χ4v) is 2.91. The van der Waals surface area contributed by atoms with E-state index in [4.69, 9.17) is 17.0 Å². The molecule has 0 saturated carbocycles. The van der Waals surface area contributed by atoms with E-state index in [2.05, 4.69) is 61.1 Å². The van der Waals surface area contributed by atoms with Crippen molar-refractivity contribution in [3.05, 3.63) is 39.9 Å². The van der Waals surface area contributed by atoms with Gasteiger partial charge in [-0.3, -0.25) is 10.2 Å². The lowest BCUT2D eigenvalue weighted by atomic mass is 9.95. The van der Waals surface area contributed by atoms with Gasteiger partial charge >= 0.3 is 0 Å². The molecule has 6 heteroatoms. The summed E-state index contributed by atoms with van der Waals surface area (Å²) in [4.78, 5) is 4.16. The van der Waals surface area contributed by atoms with Gasteiger partial charge < -0.3 is 4.74 Å². The first-order valence-electron chi connectivity index (χ1n) is 7.45. The van der Waals surface area contributed by atoms with Gasteiger partial charge in [-0.2, -0.15) is 0 Å². The standard InChI is InChI=1S/C16H23N3OS2/c1-10(2)12-5-6-14(13(7-12)11(3)4)20-9-22-8-15-17-16(21)19-18-15/h5-7,10-11H,8-9H2,1-4H3,(H2,17,18,19,21). The van der Waals surface area contributed by atoms with Crippen molar-refractivity contribution in [3.63, 3.8) is 0 Å². The molecule has 120 valence electrons. The van der Waals surface area contributed by atoms with Crippen LogP contribution in [0.4, 0.5) is 0 Å². The number of aromatic nitrogens is 3. The second-order valence-corrected chi connectivity index (χ2v) is 7.15. The Hall–Kier alpha value is -1.27. The normalized spacial score (nSPS) is 11.4. The molecule has 0 radical (unpaired) electrons. The Morgan fingerprint density at radius 2 is 1.95 bits per heavy atom. The van der Waals surface area contributed by atoms with Crippen molar-refractivity contribution in [3.8, 4) is 5.75 Å². The molecule has 4 nitrogen and oxygen atoms in total. The van der Waals surface area contributed by atoms with Crippen LogP contribution in [-0.2, 0) is 5.75 Å². The van der Waals surface area contributed by atoms with Gasteiger partial charge in [-0.05, 0) is 41.2 Å². The minimum Gasteiger partial charge on any atom is -0.483 e. The van der Waals surface area contributed by atoms with Crippen LogP contribution in [0.1, 0.15) is 56.5 Å². The van der Waals surface area contributed by atoms with Gasteiger partial charge in [0.2, 0.25) is 4.77 Å². The van der Waals surface area contributed by atoms with E-state index >= 15 is 0 Å². The quantitative estimate of drug-likeness (QED) is 0.425. The van der Waals surface area contributed by atoms with Gasteiger partial charge in [0.05, 0.1) is 5.75 Å². The van der Waals surface area contributed by atoms with Gasteiger partial charge in [0, 0.05) is 0 Å². The fourth-order valence-electron chi connectivity index (χ4n) is 2.12. The van der Waals surface area contributed by atoms with Crippen molar-refractivity contribution in [2.75, 3.05) is 5.94 Å². The fraction of sp³-hybridized carbons (Fsp3) is 0.500. The number of H-pyrrole nitrogens is 2. The van der Waals surface area contributed by atoms with Crippen LogP contribution < -0.4 is 4.74 Å². The highest BCUT2D eigenvalue weighted by molar-refractivity contribution is 7.98. The third-order valence-corrected chi connectivity index (χ3v) is 4.36. The van der Waals surface area contributed by atoms with Gasteiger partial charge in [0.25, 0.3) is 0 Å². The zero-order valence-electron chi connectivity index (χ0n) is 13.5. The summed E-state index contributed by atoms with van der Waals surface area (Å²) in [6.45, 7) is 8.82. The summed E-state index contributed by atoms with van der Waals surface area (Å²) in [7, 11) is 0. The summed E-state index contributed by atoms with van der Waals surface area (Å²) < 4.78 is 6.44. The zero-order chi connectivity index (χ0) is 16.1. The van der Waals surface area contributed by atoms with E-state index in [9.17, 15) is 0 Å². The number of aromatic amines is 2. The Morgan fingerprint density at radius 3 is 2.55 bits per heavy atom. The van der Waals surface area contributed by atoms with Crippen molar-refractivity contribution in [2.24, 2.45) is 0 Å². The van der Waals surface area contributed by atoms with Crippen molar-refractivity contribution in [1.29, 1.82) is 0 Å². The van der Waals surface area contributed by atoms with Crippen molar-refractivity contribution in [2.45, 2.75) is 45.3 Å². The van der Waals surface area contributed by atoms with E-state index in [0.29, 0.717) is 22.5 Å². The molecule has 0 amide bonds. The first-order valence-corrected chi connectivity index (χ1v) is 9.01. The molecule has 0 aliphatic rings. The van der Waals surface area contributed by atoms with E-state index in [1.807, 2.05) is 0 Å². The monoisotopic (exact) mass is 337 g/mol. The van der Waals surface area contributed by atoms with E-state index in [0.717, 1.165) is 17.3 Å². The van der Waals surface area contributed by atoms with E-state index in [1.54, 1.807) is 11.8 Å². The summed E-state index contributed by atoms with van der Waals surface area (Å²) in [6.07, 6.45) is 0. The smallest absolute Gasteiger partial charge is 0.213 e. The topological polar surface area (TPSA) is 53.7 Å². The average molecular weight is 338 g/mol. The molecule has 2 N–H and O–H groups in total. The molecule has 0 aliphatic carbocycles. The molecule has 1 heterocycles. The number of hydrogen-bond acceptors (Lipinski definition) is 4. The van der Waals surface area contributed by atoms with Crippen LogP contribution in [0.3, 0.4) is 0 Å². The number of rotatable bonds is 7. The van der Waals surface area contributed by atoms with Gasteiger partial charge in [0.15, 0.2) is 0 Å². The molecule has 0 aliphatic heterocycles. The van der Waals surface area contributed by atoms with Crippen LogP contribution in [0, 0.1) is 4.77 Å². The highest BCUT2D eigenvalue weighted by atomic mass is 32.2. The van der Waals surface area contributed by atoms with Crippen molar-refractivity contribution < 1.29 is 4.74 Å². The Balaban J connectivity index is 1.95. The van der Waals surface area contributed by atoms with Crippen molar-refractivity contribution >= 4 is 24.0 Å². The Bertz CT molecular complexity index is 661. The molecule has 0 atom stereocenters. The first-order chi connectivity index (χ1) is 10.5. The van der Waals surface area contributed by atoms with Gasteiger partial charge in [-0.25, -0.2) is 4.98 Å². The summed E-state index contributed by atoms with van der Waals surface area (Å²) in [6, 6.07) is 6.51. The SMILES string of the molecule is CC(C)c1ccc(OCSCc2nc(=S)[nH][nH]2)c(C(C)C)c1. The number of thioether (sulfide) groups is 1. The van der Waals surface area contributed by atoms with Crippen LogP contribution in [0.15, 0.2) is 18.2 Å². The number of hydrogen-bond donors (Lipinski definition) is 2. The van der Waals surface area contributed by atoms with E-state index < -0.39 is 0 Å². The zero-order valence-corrected chi connectivity index (χ0v) is 15.1. The summed E-state index contributed by atoms with van der Waals surface area (Å²) >= 11 is 6.59. The Morgan fingerprint density at radius 1 is 1.18 bits per heavy atom. The first kappa shape index (κ1) is 17.1. The summed E-state index contributed by atoms with van der Waals surface area (Å²) in [5, 5.41) is 5.73. The number of nitrogens with one attached hydrogen (secondary N) is 2. The van der Waals surface area contributed by atoms with Gasteiger partial charge in [-0.1, -0.05) is 39.8 Å². The second-order valence-electron chi connectivity index (χ2n) is 5.83. The van der Waals surface area contributed by atoms with Gasteiger partial charge in [-0.15, -0.1) is 11.8 Å². The molecule has 1 aromatic carbocycles. The van der Waals surface area contributed by atoms with E-state index in [1.165, 1.54) is 11.1 Å². The number of benzene rings is 1. The molecule has 0 saturated heterocycles. The molecular weight excluding hydrogens is 314 g/mol. The minimum absolute atomic E-state index is 0.446. The molecular formula is C16H23N3OS2. The van der Waals surface area contributed by atoms with Crippen LogP contribution in [0.25, 0.3) is 0 Å². The molecule has 2 aromatic rings. The molecule has 1 aromatic heterocycles. The second kappa shape index (κ2) is 7.83. The van der Waals surface area contributed by atoms with Crippen LogP contribution in [0.2, 0.25) is 0 Å². The molecule has 0 bridgehead atoms. The maximum atomic E-state index is 5.95. The van der Waals surface area contributed by atoms with E-state index in [-0.39, 0.29) is 0 Å². The highest BCUT2D eigenvalue weighted by Crippen LogP contribution is 2.30. The molecule has 0 unspecified atom stereocenters. The Labute approximate surface area is 141 Å². The van der Waals surface area contributed by atoms with Gasteiger partial charge in [0.1, 0.15) is 17.5 Å². The summed E-state index contributed by atoms with van der Waals surface area (Å²) in [5.74, 6) is 4.13. The molecule has 2 rings (SSSR count). The Kier molecular flexibility index (Phi) is 6.08. The average Bonchev–Trinajstić information content (AvgIpc) is 2.89. The van der Waals surface area contributed by atoms with Crippen molar-refractivity contribution in [1.82, 2.24) is 15.2 Å². The predicted molar refractivity (Wildman–Crippen MR) is 95.2 cm³/mol. The third kappa shape index (κ3) is 4.61. The van der Waals surface area contributed by atoms with Crippen LogP contribution in [0.5, 0.6) is 5.75 Å². The minimum atomic E-state index is 0.446. The third-order valence-electron chi connectivity index (χ3n) is 3.41. The maximum Gasteiger partial charge on any atom is 0.213 e. The predicted octanol–water partition coefficient (Wildman–Crippen LogP) is 4.98. The number of nitrogens with zero attached hydrogens (tertiary/aromatic N) is 1. The lowest BCUT2D eigenvalue weighted by Gasteiger charge is -2.16. The molecule has 0 spiro atoms. The largest absolute Gasteiger partial charge is 0.483 e. The van der Waals surface area contributed by atoms with Crippen LogP contribution in [-0.4, -0.2) is 21.1 Å². The molecule has 0 fully saturated rings. The lowest BCUT2D eigenvalue weighted by Crippen LogP contribution is -2.01. The summed E-state index contributed by atoms with van der Waals surface area (Å²) in [5.41, 5.74) is 2.62. The molecule has 22 heavy (non-hydrogen) atoms. The highest BCUT2D eigenvalue weighted by Gasteiger charge is 2.11. The van der Waals surface area contributed by atoms with Crippen LogP contribution >= 0.6 is 24.0 Å². The maximum absolute atomic E-state index is 5.95.